The molecule has 0 aliphatic heterocycles. The summed E-state index contributed by atoms with van der Waals surface area (Å²) in [5, 5.41) is -0.991. The molecule has 1 rings (SSSR count). The number of sulfone groups is 1. The molecule has 1 aromatic rings. The molecule has 4 heteroatoms. The first-order valence-corrected chi connectivity index (χ1v) is 6.61. The molecule has 0 aromatic heterocycles. The van der Waals surface area contributed by atoms with Gasteiger partial charge in [-0.25, -0.2) is 15.0 Å². The van der Waals surface area contributed by atoms with Gasteiger partial charge in [-0.3, -0.25) is 4.85 Å². The molecule has 0 bridgehead atoms. The van der Waals surface area contributed by atoms with Crippen LogP contribution in [0.1, 0.15) is 19.4 Å². The van der Waals surface area contributed by atoms with Gasteiger partial charge in [0.15, 0.2) is 0 Å². The zero-order valence-corrected chi connectivity index (χ0v) is 10.5. The molecule has 0 spiro atoms. The topological polar surface area (TPSA) is 38.5 Å². The van der Waals surface area contributed by atoms with Gasteiger partial charge in [0.2, 0.25) is 0 Å². The Hall–Kier alpha value is -1.34. The van der Waals surface area contributed by atoms with Crippen LogP contribution in [0.4, 0.5) is 0 Å². The van der Waals surface area contributed by atoms with E-state index in [-0.39, 0.29) is 10.8 Å². The maximum absolute atomic E-state index is 12.1. The Morgan fingerprint density at radius 1 is 1.19 bits per heavy atom. The predicted molar refractivity (Wildman–Crippen MR) is 63.6 cm³/mol. The number of benzene rings is 1. The van der Waals surface area contributed by atoms with E-state index in [4.69, 9.17) is 6.57 Å². The molecule has 3 nitrogen and oxygen atoms in total. The van der Waals surface area contributed by atoms with Gasteiger partial charge >= 0.3 is 5.37 Å². The van der Waals surface area contributed by atoms with Crippen molar-refractivity contribution in [3.05, 3.63) is 41.2 Å². The molecule has 1 aromatic carbocycles. The van der Waals surface area contributed by atoms with Crippen molar-refractivity contribution in [2.75, 3.05) is 0 Å². The summed E-state index contributed by atoms with van der Waals surface area (Å²) in [5.74, 6) is -0.205. The van der Waals surface area contributed by atoms with Crippen LogP contribution in [0.25, 0.3) is 4.85 Å². The largest absolute Gasteiger partial charge is 0.327 e. The first-order valence-electron chi connectivity index (χ1n) is 5.06. The lowest BCUT2D eigenvalue weighted by Gasteiger charge is -2.10. The predicted octanol–water partition coefficient (Wildman–Crippen LogP) is 2.67. The SMILES string of the molecule is [C-]#[N+][C@@H](C(C)C)S(=O)(=O)c1ccc(C)cc1. The molecule has 0 saturated carbocycles. The molecule has 0 amide bonds. The number of hydrogen-bond acceptors (Lipinski definition) is 2. The fourth-order valence-electron chi connectivity index (χ4n) is 1.44. The van der Waals surface area contributed by atoms with Crippen molar-refractivity contribution < 1.29 is 8.42 Å². The quantitative estimate of drug-likeness (QED) is 0.758. The third-order valence-corrected chi connectivity index (χ3v) is 4.58. The highest BCUT2D eigenvalue weighted by molar-refractivity contribution is 7.92. The Morgan fingerprint density at radius 2 is 1.69 bits per heavy atom. The minimum absolute atomic E-state index is 0.205. The highest BCUT2D eigenvalue weighted by atomic mass is 32.2. The molecule has 0 N–H and O–H groups in total. The fraction of sp³-hybridized carbons (Fsp3) is 0.417. The monoisotopic (exact) mass is 237 g/mol. The average molecular weight is 237 g/mol. The first kappa shape index (κ1) is 12.7. The molecule has 0 radical (unpaired) electrons. The summed E-state index contributed by atoms with van der Waals surface area (Å²) in [4.78, 5) is 3.45. The van der Waals surface area contributed by atoms with Gasteiger partial charge in [0.05, 0.1) is 4.90 Å². The van der Waals surface area contributed by atoms with Crippen molar-refractivity contribution in [3.63, 3.8) is 0 Å². The zero-order chi connectivity index (χ0) is 12.3. The third-order valence-electron chi connectivity index (χ3n) is 2.36. The summed E-state index contributed by atoms with van der Waals surface area (Å²) in [5.41, 5.74) is 1.00. The van der Waals surface area contributed by atoms with E-state index >= 15 is 0 Å². The van der Waals surface area contributed by atoms with Crippen LogP contribution >= 0.6 is 0 Å². The van der Waals surface area contributed by atoms with Gasteiger partial charge in [-0.05, 0) is 19.1 Å². The van der Waals surface area contributed by atoms with E-state index in [2.05, 4.69) is 4.85 Å². The van der Waals surface area contributed by atoms with Crippen LogP contribution in [-0.4, -0.2) is 13.8 Å². The normalized spacial score (nSPS) is 13.4. The van der Waals surface area contributed by atoms with Crippen LogP contribution in [0.2, 0.25) is 0 Å². The van der Waals surface area contributed by atoms with Crippen LogP contribution in [-0.2, 0) is 9.84 Å². The average Bonchev–Trinajstić information content (AvgIpc) is 2.18. The maximum Gasteiger partial charge on any atom is 0.327 e. The second kappa shape index (κ2) is 4.67. The summed E-state index contributed by atoms with van der Waals surface area (Å²) in [6.45, 7) is 12.4. The van der Waals surface area contributed by atoms with E-state index in [1.807, 2.05) is 6.92 Å². The van der Waals surface area contributed by atoms with Gasteiger partial charge in [-0.1, -0.05) is 31.5 Å². The van der Waals surface area contributed by atoms with E-state index in [1.54, 1.807) is 38.1 Å². The van der Waals surface area contributed by atoms with E-state index in [1.165, 1.54) is 0 Å². The van der Waals surface area contributed by atoms with Crippen LogP contribution in [0.5, 0.6) is 0 Å². The van der Waals surface area contributed by atoms with E-state index in [0.29, 0.717) is 0 Å². The number of nitrogens with zero attached hydrogens (tertiary/aromatic N) is 1. The molecule has 0 aliphatic rings. The standard InChI is InChI=1S/C12H15NO2S/c1-9(2)12(13-4)16(14,15)11-7-5-10(3)6-8-11/h5-9,12H,1-3H3/t12-/m1/s1. The zero-order valence-electron chi connectivity index (χ0n) is 9.64. The van der Waals surface area contributed by atoms with Crippen LogP contribution in [0.3, 0.4) is 0 Å². The Balaban J connectivity index is 3.22. The molecule has 16 heavy (non-hydrogen) atoms. The molecule has 0 fully saturated rings. The molecule has 1 atom stereocenters. The van der Waals surface area contributed by atoms with Crippen molar-refractivity contribution in [1.82, 2.24) is 0 Å². The maximum atomic E-state index is 12.1. The summed E-state index contributed by atoms with van der Waals surface area (Å²) in [6, 6.07) is 6.61. The van der Waals surface area contributed by atoms with Crippen molar-refractivity contribution >= 4 is 9.84 Å². The summed E-state index contributed by atoms with van der Waals surface area (Å²) < 4.78 is 24.2. The second-order valence-corrected chi connectivity index (χ2v) is 6.17. The highest BCUT2D eigenvalue weighted by Gasteiger charge is 2.35. The molecule has 0 aliphatic carbocycles. The van der Waals surface area contributed by atoms with Gasteiger partial charge in [0.1, 0.15) is 0 Å². The van der Waals surface area contributed by atoms with Crippen molar-refractivity contribution in [3.8, 4) is 0 Å². The van der Waals surface area contributed by atoms with Gasteiger partial charge in [0.25, 0.3) is 9.84 Å². The lowest BCUT2D eigenvalue weighted by molar-refractivity contribution is 0.560. The van der Waals surface area contributed by atoms with E-state index in [9.17, 15) is 8.42 Å². The summed E-state index contributed by atoms with van der Waals surface area (Å²) in [7, 11) is -3.52. The molecular formula is C12H15NO2S. The van der Waals surface area contributed by atoms with Crippen molar-refractivity contribution in [1.29, 1.82) is 0 Å². The Kier molecular flexibility index (Phi) is 3.71. The van der Waals surface area contributed by atoms with Gasteiger partial charge in [0, 0.05) is 5.92 Å². The van der Waals surface area contributed by atoms with Crippen LogP contribution in [0.15, 0.2) is 29.2 Å². The Morgan fingerprint density at radius 3 is 2.06 bits per heavy atom. The van der Waals surface area contributed by atoms with Crippen LogP contribution < -0.4 is 0 Å². The first-order chi connectivity index (χ1) is 7.39. The van der Waals surface area contributed by atoms with Crippen LogP contribution in [0, 0.1) is 19.4 Å². The third kappa shape index (κ3) is 2.42. The van der Waals surface area contributed by atoms with Gasteiger partial charge in [-0.15, -0.1) is 0 Å². The van der Waals surface area contributed by atoms with Crippen molar-refractivity contribution in [2.24, 2.45) is 5.92 Å². The molecule has 0 saturated heterocycles. The molecule has 86 valence electrons. The summed E-state index contributed by atoms with van der Waals surface area (Å²) >= 11 is 0. The highest BCUT2D eigenvalue weighted by Crippen LogP contribution is 2.22. The molecule has 0 heterocycles. The smallest absolute Gasteiger partial charge is 0.296 e. The Labute approximate surface area is 96.8 Å². The van der Waals surface area contributed by atoms with E-state index < -0.39 is 15.2 Å². The summed E-state index contributed by atoms with van der Waals surface area (Å²) in [6.07, 6.45) is 0. The minimum Gasteiger partial charge on any atom is -0.296 e. The number of hydrogen-bond donors (Lipinski definition) is 0. The Bertz CT molecular complexity index is 495. The lowest BCUT2D eigenvalue weighted by Crippen LogP contribution is -2.23. The molecular weight excluding hydrogens is 222 g/mol. The number of rotatable bonds is 3. The van der Waals surface area contributed by atoms with Crippen molar-refractivity contribution in [2.45, 2.75) is 31.0 Å². The van der Waals surface area contributed by atoms with Gasteiger partial charge < -0.3 is 0 Å². The minimum atomic E-state index is -3.52. The fourth-order valence-corrected chi connectivity index (χ4v) is 3.09. The molecule has 0 unspecified atom stereocenters. The van der Waals surface area contributed by atoms with Gasteiger partial charge in [-0.2, -0.15) is 0 Å². The lowest BCUT2D eigenvalue weighted by atomic mass is 10.2. The second-order valence-electron chi connectivity index (χ2n) is 4.12. The van der Waals surface area contributed by atoms with E-state index in [0.717, 1.165) is 5.56 Å². The number of aryl methyl sites for hydroxylation is 1.